The molecule has 0 aliphatic rings. The van der Waals surface area contributed by atoms with Gasteiger partial charge < -0.3 is 10.2 Å². The first-order valence-electron chi connectivity index (χ1n) is 8.16. The molecule has 0 spiro atoms. The molecule has 5 aromatic carbocycles. The fourth-order valence-corrected chi connectivity index (χ4v) is 4.08. The van der Waals surface area contributed by atoms with E-state index in [9.17, 15) is 19.8 Å². The molecule has 124 valence electrons. The molecule has 0 saturated carbocycles. The monoisotopic (exact) mass is 340 g/mol. The molecule has 0 heterocycles. The van der Waals surface area contributed by atoms with Gasteiger partial charge in [-0.3, -0.25) is 0 Å². The highest BCUT2D eigenvalue weighted by Gasteiger charge is 2.18. The largest absolute Gasteiger partial charge is 0.478 e. The van der Waals surface area contributed by atoms with E-state index in [4.69, 9.17) is 0 Å². The molecule has 0 aromatic heterocycles. The first kappa shape index (κ1) is 14.7. The molecular weight excluding hydrogens is 328 g/mol. The maximum Gasteiger partial charge on any atom is 0.336 e. The highest BCUT2D eigenvalue weighted by atomic mass is 16.4. The fourth-order valence-electron chi connectivity index (χ4n) is 4.08. The molecule has 0 aliphatic heterocycles. The molecular formula is C22H12O4. The van der Waals surface area contributed by atoms with Crippen molar-refractivity contribution < 1.29 is 19.8 Å². The van der Waals surface area contributed by atoms with Gasteiger partial charge in [0.1, 0.15) is 0 Å². The average molecular weight is 340 g/mol. The van der Waals surface area contributed by atoms with Crippen LogP contribution in [0.25, 0.3) is 43.1 Å². The van der Waals surface area contributed by atoms with Crippen LogP contribution in [-0.2, 0) is 0 Å². The third-order valence-corrected chi connectivity index (χ3v) is 5.12. The highest BCUT2D eigenvalue weighted by molar-refractivity contribution is 6.35. The van der Waals surface area contributed by atoms with Gasteiger partial charge in [-0.2, -0.15) is 0 Å². The van der Waals surface area contributed by atoms with Gasteiger partial charge in [-0.1, -0.05) is 48.5 Å². The Kier molecular flexibility index (Phi) is 2.78. The zero-order valence-corrected chi connectivity index (χ0v) is 13.5. The van der Waals surface area contributed by atoms with Crippen LogP contribution < -0.4 is 0 Å². The zero-order chi connectivity index (χ0) is 18.0. The Balaban J connectivity index is 2.15. The van der Waals surface area contributed by atoms with Gasteiger partial charge in [-0.15, -0.1) is 0 Å². The van der Waals surface area contributed by atoms with E-state index in [0.717, 1.165) is 32.3 Å². The van der Waals surface area contributed by atoms with Crippen molar-refractivity contribution in [3.8, 4) is 0 Å². The number of hydrogen-bond donors (Lipinski definition) is 2. The maximum absolute atomic E-state index is 11.6. The third-order valence-electron chi connectivity index (χ3n) is 5.12. The smallest absolute Gasteiger partial charge is 0.336 e. The maximum atomic E-state index is 11.6. The molecule has 26 heavy (non-hydrogen) atoms. The van der Waals surface area contributed by atoms with Crippen molar-refractivity contribution in [3.05, 3.63) is 71.8 Å². The van der Waals surface area contributed by atoms with Gasteiger partial charge in [0.15, 0.2) is 0 Å². The standard InChI is InChI=1S/C22H12O4/c23-21(24)17-9-7-15-16-8-10-18(22(25)26)14-6-2-4-12(20(14)16)11-3-1-5-13(17)19(11)15/h1-10H,(H,23,24)(H,25,26). The van der Waals surface area contributed by atoms with E-state index in [0.29, 0.717) is 10.8 Å². The third kappa shape index (κ3) is 1.73. The Morgan fingerprint density at radius 2 is 0.846 bits per heavy atom. The first-order chi connectivity index (χ1) is 12.6. The van der Waals surface area contributed by atoms with E-state index in [-0.39, 0.29) is 11.1 Å². The molecule has 0 fully saturated rings. The van der Waals surface area contributed by atoms with Crippen LogP contribution in [0.5, 0.6) is 0 Å². The molecule has 0 atom stereocenters. The second-order valence-corrected chi connectivity index (χ2v) is 6.39. The molecule has 0 radical (unpaired) electrons. The lowest BCUT2D eigenvalue weighted by molar-refractivity contribution is 0.0688. The van der Waals surface area contributed by atoms with Crippen molar-refractivity contribution in [2.75, 3.05) is 0 Å². The molecule has 5 aromatic rings. The van der Waals surface area contributed by atoms with E-state index in [1.54, 1.807) is 12.1 Å². The van der Waals surface area contributed by atoms with E-state index >= 15 is 0 Å². The summed E-state index contributed by atoms with van der Waals surface area (Å²) in [5, 5.41) is 26.0. The van der Waals surface area contributed by atoms with E-state index in [1.165, 1.54) is 0 Å². The van der Waals surface area contributed by atoms with E-state index < -0.39 is 11.9 Å². The minimum absolute atomic E-state index is 0.267. The first-order valence-corrected chi connectivity index (χ1v) is 8.16. The topological polar surface area (TPSA) is 74.6 Å². The molecule has 0 unspecified atom stereocenters. The summed E-state index contributed by atoms with van der Waals surface area (Å²) in [7, 11) is 0. The van der Waals surface area contributed by atoms with Gasteiger partial charge >= 0.3 is 11.9 Å². The molecule has 0 saturated heterocycles. The van der Waals surface area contributed by atoms with Gasteiger partial charge in [0.2, 0.25) is 0 Å². The summed E-state index contributed by atoms with van der Waals surface area (Å²) >= 11 is 0. The van der Waals surface area contributed by atoms with Crippen molar-refractivity contribution in [2.45, 2.75) is 0 Å². The quantitative estimate of drug-likeness (QED) is 0.345. The predicted octanol–water partition coefficient (Wildman–Crippen LogP) is 5.13. The summed E-state index contributed by atoms with van der Waals surface area (Å²) in [6.45, 7) is 0. The lowest BCUT2D eigenvalue weighted by Crippen LogP contribution is -2.00. The Hall–Kier alpha value is -3.66. The average Bonchev–Trinajstić information content (AvgIpc) is 2.64. The molecule has 0 amide bonds. The predicted molar refractivity (Wildman–Crippen MR) is 102 cm³/mol. The van der Waals surface area contributed by atoms with Crippen molar-refractivity contribution in [1.29, 1.82) is 0 Å². The molecule has 0 aliphatic carbocycles. The number of carbonyl (C=O) groups is 2. The lowest BCUT2D eigenvalue weighted by Gasteiger charge is -2.16. The van der Waals surface area contributed by atoms with Crippen molar-refractivity contribution >= 4 is 55.0 Å². The number of carboxylic acid groups (broad SMARTS) is 2. The fraction of sp³-hybridized carbons (Fsp3) is 0. The van der Waals surface area contributed by atoms with Crippen LogP contribution in [0.3, 0.4) is 0 Å². The summed E-state index contributed by atoms with van der Waals surface area (Å²) < 4.78 is 0. The van der Waals surface area contributed by atoms with Crippen LogP contribution in [0.4, 0.5) is 0 Å². The Bertz CT molecular complexity index is 1250. The number of carboxylic acids is 2. The molecule has 0 bridgehead atoms. The van der Waals surface area contributed by atoms with Crippen molar-refractivity contribution in [1.82, 2.24) is 0 Å². The minimum Gasteiger partial charge on any atom is -0.478 e. The van der Waals surface area contributed by atoms with Gasteiger partial charge in [-0.25, -0.2) is 9.59 Å². The highest BCUT2D eigenvalue weighted by Crippen LogP contribution is 2.41. The summed E-state index contributed by atoms with van der Waals surface area (Å²) in [4.78, 5) is 23.3. The lowest BCUT2D eigenvalue weighted by atomic mass is 9.87. The SMILES string of the molecule is O=C(O)c1ccc2c3ccc(C(=O)O)c4cccc(c5cccc1c52)c43. The molecule has 5 rings (SSSR count). The number of benzene rings is 5. The summed E-state index contributed by atoms with van der Waals surface area (Å²) in [6, 6.07) is 18.1. The summed E-state index contributed by atoms with van der Waals surface area (Å²) in [5.74, 6) is -1.92. The summed E-state index contributed by atoms with van der Waals surface area (Å²) in [6.07, 6.45) is 0. The van der Waals surface area contributed by atoms with Crippen LogP contribution in [0.2, 0.25) is 0 Å². The molecule has 2 N–H and O–H groups in total. The van der Waals surface area contributed by atoms with Gasteiger partial charge in [0.25, 0.3) is 0 Å². The Morgan fingerprint density at radius 3 is 1.23 bits per heavy atom. The van der Waals surface area contributed by atoms with E-state index in [1.807, 2.05) is 48.5 Å². The van der Waals surface area contributed by atoms with Crippen LogP contribution >= 0.6 is 0 Å². The zero-order valence-electron chi connectivity index (χ0n) is 13.5. The Morgan fingerprint density at radius 1 is 0.500 bits per heavy atom. The number of aromatic carboxylic acids is 2. The molecule has 4 heteroatoms. The summed E-state index contributed by atoms with van der Waals surface area (Å²) in [5.41, 5.74) is 0.534. The van der Waals surface area contributed by atoms with Crippen molar-refractivity contribution in [3.63, 3.8) is 0 Å². The minimum atomic E-state index is -0.959. The van der Waals surface area contributed by atoms with Crippen LogP contribution in [-0.4, -0.2) is 22.2 Å². The normalized spacial score (nSPS) is 11.7. The van der Waals surface area contributed by atoms with Gasteiger partial charge in [0.05, 0.1) is 11.1 Å². The van der Waals surface area contributed by atoms with E-state index in [2.05, 4.69) is 0 Å². The van der Waals surface area contributed by atoms with Crippen molar-refractivity contribution in [2.24, 2.45) is 0 Å². The van der Waals surface area contributed by atoms with Crippen LogP contribution in [0.15, 0.2) is 60.7 Å². The van der Waals surface area contributed by atoms with Gasteiger partial charge in [-0.05, 0) is 55.2 Å². The van der Waals surface area contributed by atoms with Gasteiger partial charge in [0, 0.05) is 0 Å². The van der Waals surface area contributed by atoms with Crippen LogP contribution in [0, 0.1) is 0 Å². The van der Waals surface area contributed by atoms with Crippen LogP contribution in [0.1, 0.15) is 20.7 Å². The molecule has 4 nitrogen and oxygen atoms in total. The number of hydrogen-bond acceptors (Lipinski definition) is 2. The second kappa shape index (κ2) is 4.92. The Labute approximate surface area is 147 Å². The number of rotatable bonds is 2. The number of fused-ring (bicyclic) bond motifs is 2. The second-order valence-electron chi connectivity index (χ2n) is 6.39.